The summed E-state index contributed by atoms with van der Waals surface area (Å²) in [5, 5.41) is 0. The van der Waals surface area contributed by atoms with Crippen LogP contribution < -0.4 is 5.73 Å². The van der Waals surface area contributed by atoms with Crippen LogP contribution in [0.15, 0.2) is 24.7 Å². The van der Waals surface area contributed by atoms with Gasteiger partial charge >= 0.3 is 0 Å². The summed E-state index contributed by atoms with van der Waals surface area (Å²) in [4.78, 5) is 7.61. The average Bonchev–Trinajstić information content (AvgIpc) is 2.90. The lowest BCUT2D eigenvalue weighted by Gasteiger charge is -2.26. The molecule has 0 aromatic carbocycles. The van der Waals surface area contributed by atoms with Crippen LogP contribution in [-0.4, -0.2) is 28.0 Å². The minimum atomic E-state index is 0.165. The van der Waals surface area contributed by atoms with Gasteiger partial charge in [0.25, 0.3) is 0 Å². The first-order chi connectivity index (χ1) is 8.61. The molecule has 2 heterocycles. The average molecular weight is 285 g/mol. The van der Waals surface area contributed by atoms with Gasteiger partial charge in [-0.2, -0.15) is 0 Å². The maximum absolute atomic E-state index is 5.94. The predicted molar refractivity (Wildman–Crippen MR) is 75.8 cm³/mol. The van der Waals surface area contributed by atoms with Gasteiger partial charge in [0.1, 0.15) is 0 Å². The van der Waals surface area contributed by atoms with Crippen molar-refractivity contribution in [3.63, 3.8) is 0 Å². The van der Waals surface area contributed by atoms with E-state index < -0.39 is 0 Å². The van der Waals surface area contributed by atoms with Crippen LogP contribution in [0.3, 0.4) is 0 Å². The highest BCUT2D eigenvalue weighted by atomic mass is 35.5. The Bertz CT molecular complexity index is 508. The van der Waals surface area contributed by atoms with Crippen LogP contribution in [0.5, 0.6) is 0 Å². The molecule has 0 saturated carbocycles. The number of nitrogens with zero attached hydrogens (tertiary/aromatic N) is 3. The molecule has 0 radical (unpaired) electrons. The number of nitrogens with two attached hydrogens (primary N) is 1. The van der Waals surface area contributed by atoms with E-state index in [0.717, 1.165) is 16.6 Å². The van der Waals surface area contributed by atoms with Gasteiger partial charge in [-0.05, 0) is 19.2 Å². The van der Waals surface area contributed by atoms with Crippen molar-refractivity contribution in [3.8, 4) is 0 Å². The first-order valence-corrected chi connectivity index (χ1v) is 6.92. The number of halogens is 1. The summed E-state index contributed by atoms with van der Waals surface area (Å²) in [6.45, 7) is 1.40. The largest absolute Gasteiger partial charge is 0.336 e. The SMILES string of the molecule is CN(Cc1ccc(Cl)s1)C(CN)c1cncn1C. The second kappa shape index (κ2) is 5.84. The molecule has 0 aliphatic carbocycles. The Morgan fingerprint density at radius 1 is 1.56 bits per heavy atom. The van der Waals surface area contributed by atoms with Gasteiger partial charge < -0.3 is 10.3 Å². The van der Waals surface area contributed by atoms with E-state index in [1.54, 1.807) is 17.7 Å². The Hall–Kier alpha value is -0.880. The number of rotatable bonds is 5. The lowest BCUT2D eigenvalue weighted by Crippen LogP contribution is -2.31. The van der Waals surface area contributed by atoms with Gasteiger partial charge in [-0.25, -0.2) is 4.98 Å². The van der Waals surface area contributed by atoms with Crippen molar-refractivity contribution in [1.82, 2.24) is 14.5 Å². The third-order valence-electron chi connectivity index (χ3n) is 2.98. The van der Waals surface area contributed by atoms with Crippen LogP contribution in [0.1, 0.15) is 16.6 Å². The number of hydrogen-bond acceptors (Lipinski definition) is 4. The molecule has 1 unspecified atom stereocenters. The summed E-state index contributed by atoms with van der Waals surface area (Å²) in [6.07, 6.45) is 3.67. The van der Waals surface area contributed by atoms with E-state index in [1.165, 1.54) is 4.88 Å². The van der Waals surface area contributed by atoms with Crippen LogP contribution in [0.2, 0.25) is 4.34 Å². The summed E-state index contributed by atoms with van der Waals surface area (Å²) in [5.74, 6) is 0. The Labute approximate surface area is 116 Å². The topological polar surface area (TPSA) is 47.1 Å². The molecule has 2 rings (SSSR count). The first-order valence-electron chi connectivity index (χ1n) is 5.72. The van der Waals surface area contributed by atoms with Crippen LogP contribution in [0.25, 0.3) is 0 Å². The van der Waals surface area contributed by atoms with Crippen molar-refractivity contribution in [2.45, 2.75) is 12.6 Å². The summed E-state index contributed by atoms with van der Waals surface area (Å²) < 4.78 is 2.83. The van der Waals surface area contributed by atoms with Crippen molar-refractivity contribution in [2.75, 3.05) is 13.6 Å². The van der Waals surface area contributed by atoms with Crippen LogP contribution in [-0.2, 0) is 13.6 Å². The van der Waals surface area contributed by atoms with E-state index in [-0.39, 0.29) is 6.04 Å². The summed E-state index contributed by atoms with van der Waals surface area (Å²) in [5.41, 5.74) is 7.01. The van der Waals surface area contributed by atoms with Gasteiger partial charge in [0.2, 0.25) is 0 Å². The van der Waals surface area contributed by atoms with E-state index in [0.29, 0.717) is 6.54 Å². The van der Waals surface area contributed by atoms with Crippen molar-refractivity contribution in [2.24, 2.45) is 12.8 Å². The van der Waals surface area contributed by atoms with Gasteiger partial charge in [0.15, 0.2) is 0 Å². The molecule has 1 atom stereocenters. The molecule has 0 amide bonds. The Morgan fingerprint density at radius 2 is 2.33 bits per heavy atom. The fourth-order valence-corrected chi connectivity index (χ4v) is 3.16. The highest BCUT2D eigenvalue weighted by Gasteiger charge is 2.18. The molecule has 0 fully saturated rings. The normalized spacial score (nSPS) is 13.2. The van der Waals surface area contributed by atoms with Crippen molar-refractivity contribution < 1.29 is 0 Å². The fourth-order valence-electron chi connectivity index (χ4n) is 2.01. The predicted octanol–water partition coefficient (Wildman–Crippen LogP) is 2.27. The fraction of sp³-hybridized carbons (Fsp3) is 0.417. The molecule has 0 spiro atoms. The molecule has 4 nitrogen and oxygen atoms in total. The van der Waals surface area contributed by atoms with Gasteiger partial charge in [-0.1, -0.05) is 11.6 Å². The highest BCUT2D eigenvalue weighted by molar-refractivity contribution is 7.16. The number of aryl methyl sites for hydroxylation is 1. The van der Waals surface area contributed by atoms with E-state index in [4.69, 9.17) is 17.3 Å². The molecular weight excluding hydrogens is 268 g/mol. The maximum Gasteiger partial charge on any atom is 0.0946 e. The minimum absolute atomic E-state index is 0.165. The quantitative estimate of drug-likeness (QED) is 0.916. The van der Waals surface area contributed by atoms with Gasteiger partial charge in [0, 0.05) is 31.2 Å². The van der Waals surface area contributed by atoms with E-state index in [2.05, 4.69) is 23.0 Å². The lowest BCUT2D eigenvalue weighted by molar-refractivity contribution is 0.236. The molecule has 6 heteroatoms. The summed E-state index contributed by atoms with van der Waals surface area (Å²) >= 11 is 7.55. The highest BCUT2D eigenvalue weighted by Crippen LogP contribution is 2.25. The Morgan fingerprint density at radius 3 is 2.83 bits per heavy atom. The van der Waals surface area contributed by atoms with Crippen molar-refractivity contribution in [3.05, 3.63) is 39.6 Å². The molecule has 0 aliphatic rings. The van der Waals surface area contributed by atoms with Crippen molar-refractivity contribution >= 4 is 22.9 Å². The molecule has 0 saturated heterocycles. The molecule has 2 aromatic heterocycles. The maximum atomic E-state index is 5.94. The molecule has 18 heavy (non-hydrogen) atoms. The molecule has 2 aromatic rings. The van der Waals surface area contributed by atoms with E-state index >= 15 is 0 Å². The third kappa shape index (κ3) is 2.92. The first kappa shape index (κ1) is 13.5. The number of aromatic nitrogens is 2. The zero-order valence-corrected chi connectivity index (χ0v) is 12.1. The molecular formula is C12H17ClN4S. The number of imidazole rings is 1. The van der Waals surface area contributed by atoms with E-state index in [1.807, 2.05) is 23.9 Å². The number of hydrogen-bond donors (Lipinski definition) is 1. The number of thiophene rings is 1. The Kier molecular flexibility index (Phi) is 4.40. The summed E-state index contributed by atoms with van der Waals surface area (Å²) in [6, 6.07) is 4.15. The second-order valence-corrected chi connectivity index (χ2v) is 6.10. The standard InChI is InChI=1S/C12H17ClN4S/c1-16(7-9-3-4-12(13)18-9)10(5-14)11-6-15-8-17(11)2/h3-4,6,8,10H,5,7,14H2,1-2H3. The van der Waals surface area contributed by atoms with Crippen LogP contribution in [0.4, 0.5) is 0 Å². The van der Waals surface area contributed by atoms with Gasteiger partial charge in [0.05, 0.1) is 22.4 Å². The second-order valence-electron chi connectivity index (χ2n) is 4.30. The Balaban J connectivity index is 2.11. The third-order valence-corrected chi connectivity index (χ3v) is 4.20. The molecule has 0 aliphatic heterocycles. The smallest absolute Gasteiger partial charge is 0.0946 e. The van der Waals surface area contributed by atoms with E-state index in [9.17, 15) is 0 Å². The minimum Gasteiger partial charge on any atom is -0.336 e. The lowest BCUT2D eigenvalue weighted by atomic mass is 10.2. The molecule has 98 valence electrons. The molecule has 2 N–H and O–H groups in total. The summed E-state index contributed by atoms with van der Waals surface area (Å²) in [7, 11) is 4.05. The van der Waals surface area contributed by atoms with Gasteiger partial charge in [-0.3, -0.25) is 4.90 Å². The monoisotopic (exact) mass is 284 g/mol. The van der Waals surface area contributed by atoms with Crippen molar-refractivity contribution in [1.29, 1.82) is 0 Å². The zero-order valence-electron chi connectivity index (χ0n) is 10.5. The van der Waals surface area contributed by atoms with Crippen LogP contribution in [0, 0.1) is 0 Å². The van der Waals surface area contributed by atoms with Gasteiger partial charge in [-0.15, -0.1) is 11.3 Å². The molecule has 0 bridgehead atoms. The number of likely N-dealkylation sites (N-methyl/N-ethyl adjacent to an activating group) is 1. The zero-order chi connectivity index (χ0) is 13.1. The van der Waals surface area contributed by atoms with Crippen LogP contribution >= 0.6 is 22.9 Å².